The van der Waals surface area contributed by atoms with Gasteiger partial charge in [0.05, 0.1) is 10.7 Å². The SMILES string of the molecule is Cc1cccc(Cl)c1NC(C)C(=O)OC1CCCCC1. The number of hydrogen-bond acceptors (Lipinski definition) is 3. The molecule has 0 aromatic heterocycles. The van der Waals surface area contributed by atoms with Crippen LogP contribution in [-0.2, 0) is 9.53 Å². The van der Waals surface area contributed by atoms with E-state index in [1.807, 2.05) is 32.0 Å². The van der Waals surface area contributed by atoms with Gasteiger partial charge in [-0.3, -0.25) is 0 Å². The van der Waals surface area contributed by atoms with Crippen LogP contribution in [0.2, 0.25) is 5.02 Å². The topological polar surface area (TPSA) is 38.3 Å². The van der Waals surface area contributed by atoms with Gasteiger partial charge in [-0.1, -0.05) is 30.2 Å². The van der Waals surface area contributed by atoms with E-state index in [1.165, 1.54) is 6.42 Å². The zero-order valence-electron chi connectivity index (χ0n) is 12.1. The van der Waals surface area contributed by atoms with Crippen LogP contribution in [-0.4, -0.2) is 18.1 Å². The lowest BCUT2D eigenvalue weighted by atomic mass is 9.98. The van der Waals surface area contributed by atoms with Crippen LogP contribution in [0.5, 0.6) is 0 Å². The summed E-state index contributed by atoms with van der Waals surface area (Å²) in [7, 11) is 0. The molecule has 1 atom stereocenters. The molecule has 0 bridgehead atoms. The Morgan fingerprint density at radius 3 is 2.70 bits per heavy atom. The molecule has 0 aliphatic heterocycles. The molecule has 1 saturated carbocycles. The number of esters is 1. The van der Waals surface area contributed by atoms with Gasteiger partial charge in [0.25, 0.3) is 0 Å². The van der Waals surface area contributed by atoms with E-state index in [4.69, 9.17) is 16.3 Å². The Morgan fingerprint density at radius 1 is 1.35 bits per heavy atom. The molecule has 4 heteroatoms. The fourth-order valence-corrected chi connectivity index (χ4v) is 2.82. The lowest BCUT2D eigenvalue weighted by molar-refractivity contribution is -0.151. The molecule has 20 heavy (non-hydrogen) atoms. The molecule has 0 heterocycles. The van der Waals surface area contributed by atoms with Crippen molar-refractivity contribution >= 4 is 23.3 Å². The molecule has 1 N–H and O–H groups in total. The fourth-order valence-electron chi connectivity index (χ4n) is 2.54. The van der Waals surface area contributed by atoms with Crippen molar-refractivity contribution in [2.24, 2.45) is 0 Å². The van der Waals surface area contributed by atoms with Gasteiger partial charge in [-0.05, 0) is 51.2 Å². The number of anilines is 1. The second kappa shape index (κ2) is 6.98. The molecule has 1 unspecified atom stereocenters. The molecule has 0 spiro atoms. The summed E-state index contributed by atoms with van der Waals surface area (Å²) in [4.78, 5) is 12.1. The van der Waals surface area contributed by atoms with Crippen molar-refractivity contribution in [3.8, 4) is 0 Å². The quantitative estimate of drug-likeness (QED) is 0.841. The lowest BCUT2D eigenvalue weighted by Gasteiger charge is -2.24. The van der Waals surface area contributed by atoms with E-state index in [0.717, 1.165) is 36.9 Å². The van der Waals surface area contributed by atoms with E-state index >= 15 is 0 Å². The zero-order chi connectivity index (χ0) is 14.5. The molecule has 3 nitrogen and oxygen atoms in total. The third kappa shape index (κ3) is 3.89. The highest BCUT2D eigenvalue weighted by Gasteiger charge is 2.22. The number of para-hydroxylation sites is 1. The van der Waals surface area contributed by atoms with E-state index in [0.29, 0.717) is 5.02 Å². The molecular weight excluding hydrogens is 274 g/mol. The van der Waals surface area contributed by atoms with Gasteiger partial charge in [0.15, 0.2) is 0 Å². The number of rotatable bonds is 4. The molecule has 1 aromatic rings. The number of nitrogens with one attached hydrogen (secondary N) is 1. The molecule has 0 saturated heterocycles. The van der Waals surface area contributed by atoms with Gasteiger partial charge in [0.2, 0.25) is 0 Å². The first kappa shape index (κ1) is 15.2. The third-order valence-corrected chi connectivity index (χ3v) is 4.09. The molecular formula is C16H22ClNO2. The van der Waals surface area contributed by atoms with Crippen molar-refractivity contribution in [1.82, 2.24) is 0 Å². The number of carbonyl (C=O) groups is 1. The standard InChI is InChI=1S/C16H22ClNO2/c1-11-7-6-10-14(17)15(11)18-12(2)16(19)20-13-8-4-3-5-9-13/h6-7,10,12-13,18H,3-5,8-9H2,1-2H3. The van der Waals surface area contributed by atoms with Gasteiger partial charge in [-0.15, -0.1) is 0 Å². The largest absolute Gasteiger partial charge is 0.461 e. The van der Waals surface area contributed by atoms with Gasteiger partial charge < -0.3 is 10.1 Å². The smallest absolute Gasteiger partial charge is 0.328 e. The summed E-state index contributed by atoms with van der Waals surface area (Å²) >= 11 is 6.16. The van der Waals surface area contributed by atoms with Gasteiger partial charge in [-0.2, -0.15) is 0 Å². The first-order valence-electron chi connectivity index (χ1n) is 7.30. The van der Waals surface area contributed by atoms with Crippen LogP contribution < -0.4 is 5.32 Å². The second-order valence-corrected chi connectivity index (χ2v) is 5.90. The number of halogens is 1. The van der Waals surface area contributed by atoms with Crippen LogP contribution in [0, 0.1) is 6.92 Å². The van der Waals surface area contributed by atoms with Crippen molar-refractivity contribution in [2.45, 2.75) is 58.1 Å². The summed E-state index contributed by atoms with van der Waals surface area (Å²) in [6.45, 7) is 3.78. The average Bonchev–Trinajstić information content (AvgIpc) is 2.44. The Kier molecular flexibility index (Phi) is 5.30. The number of aryl methyl sites for hydroxylation is 1. The molecule has 0 radical (unpaired) electrons. The molecule has 0 amide bonds. The Morgan fingerprint density at radius 2 is 2.05 bits per heavy atom. The fraction of sp³-hybridized carbons (Fsp3) is 0.562. The summed E-state index contributed by atoms with van der Waals surface area (Å²) in [6, 6.07) is 5.28. The first-order chi connectivity index (χ1) is 9.58. The summed E-state index contributed by atoms with van der Waals surface area (Å²) in [5.41, 5.74) is 1.83. The first-order valence-corrected chi connectivity index (χ1v) is 7.68. The van der Waals surface area contributed by atoms with Crippen LogP contribution >= 0.6 is 11.6 Å². The van der Waals surface area contributed by atoms with Gasteiger partial charge in [0, 0.05) is 0 Å². The number of ether oxygens (including phenoxy) is 1. The maximum absolute atomic E-state index is 12.1. The monoisotopic (exact) mass is 295 g/mol. The van der Waals surface area contributed by atoms with E-state index in [1.54, 1.807) is 0 Å². The van der Waals surface area contributed by atoms with E-state index in [2.05, 4.69) is 5.32 Å². The maximum atomic E-state index is 12.1. The van der Waals surface area contributed by atoms with E-state index in [-0.39, 0.29) is 12.1 Å². The predicted molar refractivity (Wildman–Crippen MR) is 82.2 cm³/mol. The van der Waals surface area contributed by atoms with Gasteiger partial charge >= 0.3 is 5.97 Å². The summed E-state index contributed by atoms with van der Waals surface area (Å²) in [5, 5.41) is 3.79. The third-order valence-electron chi connectivity index (χ3n) is 3.77. The van der Waals surface area contributed by atoms with Crippen LogP contribution in [0.1, 0.15) is 44.6 Å². The van der Waals surface area contributed by atoms with Crippen LogP contribution in [0.25, 0.3) is 0 Å². The van der Waals surface area contributed by atoms with E-state index < -0.39 is 6.04 Å². The van der Waals surface area contributed by atoms with Crippen LogP contribution in [0.15, 0.2) is 18.2 Å². The molecule has 1 aliphatic carbocycles. The predicted octanol–water partition coefficient (Wildman–Crippen LogP) is 4.32. The van der Waals surface area contributed by atoms with Crippen LogP contribution in [0.4, 0.5) is 5.69 Å². The number of hydrogen-bond donors (Lipinski definition) is 1. The van der Waals surface area contributed by atoms with Gasteiger partial charge in [-0.25, -0.2) is 4.79 Å². The average molecular weight is 296 g/mol. The minimum absolute atomic E-state index is 0.0906. The number of carbonyl (C=O) groups excluding carboxylic acids is 1. The Hall–Kier alpha value is -1.22. The highest BCUT2D eigenvalue weighted by atomic mass is 35.5. The summed E-state index contributed by atoms with van der Waals surface area (Å²) in [5.74, 6) is -0.198. The molecule has 1 fully saturated rings. The Bertz CT molecular complexity index is 449. The van der Waals surface area contributed by atoms with Crippen LogP contribution in [0.3, 0.4) is 0 Å². The lowest BCUT2D eigenvalue weighted by Crippen LogP contribution is -2.32. The van der Waals surface area contributed by atoms with Gasteiger partial charge in [0.1, 0.15) is 12.1 Å². The zero-order valence-corrected chi connectivity index (χ0v) is 12.9. The minimum atomic E-state index is -0.393. The van der Waals surface area contributed by atoms with Crippen molar-refractivity contribution in [2.75, 3.05) is 5.32 Å². The minimum Gasteiger partial charge on any atom is -0.461 e. The summed E-state index contributed by atoms with van der Waals surface area (Å²) in [6.07, 6.45) is 5.63. The highest BCUT2D eigenvalue weighted by molar-refractivity contribution is 6.33. The van der Waals surface area contributed by atoms with E-state index in [9.17, 15) is 4.79 Å². The van der Waals surface area contributed by atoms with Crippen molar-refractivity contribution in [1.29, 1.82) is 0 Å². The normalized spacial score (nSPS) is 17.6. The molecule has 1 aliphatic rings. The molecule has 2 rings (SSSR count). The van der Waals surface area contributed by atoms with Crippen molar-refractivity contribution < 1.29 is 9.53 Å². The van der Waals surface area contributed by atoms with Crippen molar-refractivity contribution in [3.05, 3.63) is 28.8 Å². The molecule has 110 valence electrons. The number of benzene rings is 1. The summed E-state index contributed by atoms with van der Waals surface area (Å²) < 4.78 is 5.56. The van der Waals surface area contributed by atoms with Crippen molar-refractivity contribution in [3.63, 3.8) is 0 Å². The maximum Gasteiger partial charge on any atom is 0.328 e. The second-order valence-electron chi connectivity index (χ2n) is 5.49. The molecule has 1 aromatic carbocycles. The highest BCUT2D eigenvalue weighted by Crippen LogP contribution is 2.26. The Labute approximate surface area is 125 Å². The Balaban J connectivity index is 1.93.